The van der Waals surface area contributed by atoms with Crippen LogP contribution in [0.25, 0.3) is 22.3 Å². The van der Waals surface area contributed by atoms with E-state index in [1.807, 2.05) is 97.1 Å². The molecule has 0 unspecified atom stereocenters. The standard InChI is InChI=1S/C21H18ClN3O3.C12H8BrCl.C10H12N2O3.C9H11N3O3.5CH4/c1-27-20-15-11-25(12-16(15)23-19(24-20)21(26)28-2)17-10-6-9-14(18(17)22)13-7-4-3-5-8-13;13-11-8-4-7-10(12(11)14)9-5-2-1-3-6-9;1-14-9-6-4-3-5-7(6)11-8(12-9)10(13)15-2;1-14-8-5-3-10-4-6(5)11-7(12-8)9(13)15-2;;;;;/h3-10H,11-12H2,1-2H3;1-8H;3-5H2,1-2H3;10H,3-4H2,1-2H3;5*1H4. The van der Waals surface area contributed by atoms with Crippen LogP contribution in [0.15, 0.2) is 102 Å². The highest BCUT2D eigenvalue weighted by molar-refractivity contribution is 9.10. The highest BCUT2D eigenvalue weighted by atomic mass is 79.9. The average Bonchev–Trinajstić information content (AvgIpc) is 4.22. The van der Waals surface area contributed by atoms with Gasteiger partial charge in [0.1, 0.15) is 0 Å². The van der Waals surface area contributed by atoms with E-state index in [1.54, 1.807) is 7.11 Å². The van der Waals surface area contributed by atoms with Crippen molar-refractivity contribution in [2.75, 3.05) is 47.6 Å². The lowest BCUT2D eigenvalue weighted by molar-refractivity contribution is 0.0576. The summed E-state index contributed by atoms with van der Waals surface area (Å²) in [6.07, 6.45) is 2.82. The zero-order valence-corrected chi connectivity index (χ0v) is 43.2. The van der Waals surface area contributed by atoms with Gasteiger partial charge in [0.2, 0.25) is 35.1 Å². The number of fused-ring (bicyclic) bond motifs is 3. The summed E-state index contributed by atoms with van der Waals surface area (Å²) >= 11 is 16.4. The number of hydrogen-bond donors (Lipinski definition) is 1. The maximum Gasteiger partial charge on any atom is 0.376 e. The highest BCUT2D eigenvalue weighted by Gasteiger charge is 2.30. The number of carbonyl (C=O) groups is 3. The van der Waals surface area contributed by atoms with E-state index in [1.165, 1.54) is 35.5 Å². The molecule has 0 atom stereocenters. The molecule has 10 rings (SSSR count). The van der Waals surface area contributed by atoms with Crippen LogP contribution in [0.3, 0.4) is 0 Å². The Morgan fingerprint density at radius 1 is 0.494 bits per heavy atom. The molecule has 20 heteroatoms. The minimum Gasteiger partial charge on any atom is -0.481 e. The lowest BCUT2D eigenvalue weighted by atomic mass is 10.0. The molecule has 0 amide bonds. The number of carbonyl (C=O) groups excluding carboxylic acids is 3. The van der Waals surface area contributed by atoms with Crippen molar-refractivity contribution in [3.05, 3.63) is 163 Å². The number of hydrogen-bond acceptors (Lipinski definition) is 17. The molecule has 1 N–H and O–H groups in total. The molecule has 1 aliphatic carbocycles. The first-order valence-electron chi connectivity index (χ1n) is 22.3. The van der Waals surface area contributed by atoms with E-state index in [2.05, 4.69) is 65.5 Å². The number of nitrogens with one attached hydrogen (secondary N) is 1. The summed E-state index contributed by atoms with van der Waals surface area (Å²) in [5.74, 6) is -0.253. The predicted octanol–water partition coefficient (Wildman–Crippen LogP) is 12.7. The van der Waals surface area contributed by atoms with Crippen LogP contribution in [-0.4, -0.2) is 90.5 Å². The van der Waals surface area contributed by atoms with Crippen LogP contribution in [0, 0.1) is 0 Å². The number of esters is 3. The van der Waals surface area contributed by atoms with Crippen molar-refractivity contribution in [3.8, 4) is 39.9 Å². The van der Waals surface area contributed by atoms with Gasteiger partial charge in [-0.2, -0.15) is 15.0 Å². The van der Waals surface area contributed by atoms with Crippen molar-refractivity contribution >= 4 is 62.7 Å². The Balaban J connectivity index is 0.000000361. The van der Waals surface area contributed by atoms with Crippen LogP contribution in [0.4, 0.5) is 5.69 Å². The fourth-order valence-electron chi connectivity index (χ4n) is 7.93. The average molecular weight is 1160 g/mol. The van der Waals surface area contributed by atoms with E-state index in [9.17, 15) is 14.4 Å². The first-order valence-corrected chi connectivity index (χ1v) is 23.8. The number of benzene rings is 4. The molecule has 0 radical (unpaired) electrons. The largest absolute Gasteiger partial charge is 0.481 e. The number of aromatic nitrogens is 6. The molecule has 0 bridgehead atoms. The van der Waals surface area contributed by atoms with Crippen molar-refractivity contribution in [2.45, 2.75) is 82.6 Å². The zero-order valence-electron chi connectivity index (χ0n) is 40.1. The SMILES string of the molecule is C.C.C.C.C.COC(=O)c1nc2c(c(OC)n1)CCC2.COC(=O)c1nc2c(c(OC)n1)CN(c1cccc(-c3ccccc3)c1Cl)C2.COC(=O)c1nc2c(c(OC)n1)CNC2.Clc1c(Br)cccc1-c1ccccc1. The van der Waals surface area contributed by atoms with Gasteiger partial charge in [0, 0.05) is 34.3 Å². The maximum atomic E-state index is 11.9. The van der Waals surface area contributed by atoms with E-state index in [0.29, 0.717) is 48.8 Å². The highest BCUT2D eigenvalue weighted by Crippen LogP contribution is 2.40. The van der Waals surface area contributed by atoms with Gasteiger partial charge in [-0.15, -0.1) is 0 Å². The molecular formula is C57H69BrCl2N8O9. The fraction of sp³-hybridized carbons (Fsp3) is 0.316. The minimum absolute atomic E-state index is 0. The van der Waals surface area contributed by atoms with Gasteiger partial charge in [0.05, 0.1) is 99.7 Å². The Morgan fingerprint density at radius 3 is 1.45 bits per heavy atom. The van der Waals surface area contributed by atoms with E-state index in [0.717, 1.165) is 90.5 Å². The molecule has 2 aliphatic heterocycles. The number of halogens is 3. The summed E-state index contributed by atoms with van der Waals surface area (Å²) in [4.78, 5) is 61.3. The van der Waals surface area contributed by atoms with Crippen LogP contribution < -0.4 is 24.4 Å². The number of nitrogens with zero attached hydrogens (tertiary/aromatic N) is 7. The third-order valence-corrected chi connectivity index (χ3v) is 13.1. The number of aryl methyl sites for hydroxylation is 1. The number of rotatable bonds is 9. The molecule has 412 valence electrons. The van der Waals surface area contributed by atoms with Gasteiger partial charge in [0.15, 0.2) is 0 Å². The molecule has 5 heterocycles. The van der Waals surface area contributed by atoms with Crippen LogP contribution in [0.5, 0.6) is 17.6 Å². The molecule has 77 heavy (non-hydrogen) atoms. The van der Waals surface area contributed by atoms with Crippen molar-refractivity contribution in [1.82, 2.24) is 35.2 Å². The molecule has 3 aromatic heterocycles. The number of ether oxygens (including phenoxy) is 6. The Kier molecular flexibility index (Phi) is 26.6. The van der Waals surface area contributed by atoms with Crippen molar-refractivity contribution < 1.29 is 42.8 Å². The lowest BCUT2D eigenvalue weighted by Gasteiger charge is -2.20. The number of methoxy groups -OCH3 is 6. The molecule has 7 aromatic rings. The molecule has 0 fully saturated rings. The maximum absolute atomic E-state index is 11.9. The summed E-state index contributed by atoms with van der Waals surface area (Å²) in [6, 6.07) is 32.0. The Bertz CT molecular complexity index is 3010. The topological polar surface area (TPSA) is 199 Å². The van der Waals surface area contributed by atoms with Crippen LogP contribution in [0.2, 0.25) is 10.0 Å². The molecule has 0 saturated carbocycles. The second-order valence-electron chi connectivity index (χ2n) is 15.7. The third kappa shape index (κ3) is 15.5. The van der Waals surface area contributed by atoms with E-state index < -0.39 is 17.9 Å². The Hall–Kier alpha value is -7.25. The summed E-state index contributed by atoms with van der Waals surface area (Å²) in [5.41, 5.74) is 10.3. The monoisotopic (exact) mass is 1160 g/mol. The Morgan fingerprint density at radius 2 is 0.948 bits per heavy atom. The summed E-state index contributed by atoms with van der Waals surface area (Å²) in [6.45, 7) is 2.33. The van der Waals surface area contributed by atoms with E-state index in [4.69, 9.17) is 42.1 Å². The van der Waals surface area contributed by atoms with Crippen molar-refractivity contribution in [3.63, 3.8) is 0 Å². The quantitative estimate of drug-likeness (QED) is 0.106. The minimum atomic E-state index is -0.594. The van der Waals surface area contributed by atoms with Gasteiger partial charge in [-0.05, 0) is 58.5 Å². The fourth-order valence-corrected chi connectivity index (χ4v) is 8.89. The second-order valence-corrected chi connectivity index (χ2v) is 17.3. The second kappa shape index (κ2) is 31.1. The smallest absolute Gasteiger partial charge is 0.376 e. The van der Waals surface area contributed by atoms with Crippen molar-refractivity contribution in [1.29, 1.82) is 0 Å². The Labute approximate surface area is 471 Å². The summed E-state index contributed by atoms with van der Waals surface area (Å²) < 4.78 is 30.4. The molecule has 17 nitrogen and oxygen atoms in total. The van der Waals surface area contributed by atoms with Crippen molar-refractivity contribution in [2.24, 2.45) is 0 Å². The molecule has 4 aromatic carbocycles. The molecule has 3 aliphatic rings. The lowest BCUT2D eigenvalue weighted by Crippen LogP contribution is -2.15. The normalized spacial score (nSPS) is 11.7. The molecule has 0 spiro atoms. The van der Waals surface area contributed by atoms with Crippen LogP contribution in [-0.2, 0) is 53.2 Å². The van der Waals surface area contributed by atoms with Crippen LogP contribution in [0.1, 0.15) is 109 Å². The number of anilines is 1. The summed E-state index contributed by atoms with van der Waals surface area (Å²) in [7, 11) is 8.49. The van der Waals surface area contributed by atoms with Crippen LogP contribution >= 0.6 is 39.1 Å². The molecule has 0 saturated heterocycles. The van der Waals surface area contributed by atoms with E-state index >= 15 is 0 Å². The van der Waals surface area contributed by atoms with Gasteiger partial charge in [-0.25, -0.2) is 29.3 Å². The first kappa shape index (κ1) is 65.9. The zero-order chi connectivity index (χ0) is 51.3. The van der Waals surface area contributed by atoms with Gasteiger partial charge in [0.25, 0.3) is 0 Å². The van der Waals surface area contributed by atoms with Gasteiger partial charge >= 0.3 is 17.9 Å². The van der Waals surface area contributed by atoms with Gasteiger partial charge < -0.3 is 38.6 Å². The molecular weight excluding hydrogens is 1090 g/mol. The van der Waals surface area contributed by atoms with Gasteiger partial charge in [-0.1, -0.05) is 145 Å². The van der Waals surface area contributed by atoms with E-state index in [-0.39, 0.29) is 54.6 Å². The summed E-state index contributed by atoms with van der Waals surface area (Å²) in [5, 5.41) is 4.54. The predicted molar refractivity (Wildman–Crippen MR) is 307 cm³/mol. The third-order valence-electron chi connectivity index (χ3n) is 11.4. The first-order chi connectivity index (χ1) is 34.9. The van der Waals surface area contributed by atoms with Gasteiger partial charge in [-0.3, -0.25) is 0 Å².